The average Bonchev–Trinajstić information content (AvgIpc) is 2.84. The highest BCUT2D eigenvalue weighted by Gasteiger charge is 2.30. The molecule has 2 nitrogen and oxygen atoms in total. The molecule has 0 bridgehead atoms. The third-order valence-corrected chi connectivity index (χ3v) is 7.55. The van der Waals surface area contributed by atoms with E-state index in [1.54, 1.807) is 11.3 Å². The number of hydrogen-bond acceptors (Lipinski definition) is 3. The molecule has 0 aliphatic carbocycles. The Balaban J connectivity index is 1.63. The molecule has 0 aromatic carbocycles. The maximum atomic E-state index is 12.5. The van der Waals surface area contributed by atoms with E-state index in [2.05, 4.69) is 23.4 Å². The van der Waals surface area contributed by atoms with Crippen molar-refractivity contribution in [3.8, 4) is 0 Å². The van der Waals surface area contributed by atoms with Gasteiger partial charge in [-0.15, -0.1) is 11.3 Å². The van der Waals surface area contributed by atoms with Gasteiger partial charge in [0, 0.05) is 5.25 Å². The number of fused-ring (bicyclic) bond motifs is 1. The Morgan fingerprint density at radius 1 is 1.39 bits per heavy atom. The van der Waals surface area contributed by atoms with E-state index in [1.807, 2.05) is 0 Å². The van der Waals surface area contributed by atoms with Crippen molar-refractivity contribution in [2.45, 2.75) is 41.6 Å². The number of piperidine rings is 1. The second-order valence-corrected chi connectivity index (χ2v) is 8.52. The summed E-state index contributed by atoms with van der Waals surface area (Å²) in [5, 5.41) is 2.52. The number of rotatable bonds is 2. The molecule has 18 heavy (non-hydrogen) atoms. The van der Waals surface area contributed by atoms with Crippen LogP contribution in [0.25, 0.3) is 0 Å². The monoisotopic (exact) mass is 283 g/mol. The van der Waals surface area contributed by atoms with Crippen LogP contribution in [0.2, 0.25) is 0 Å². The molecule has 0 N–H and O–H groups in total. The van der Waals surface area contributed by atoms with Gasteiger partial charge in [-0.05, 0) is 75.2 Å². The molecule has 1 saturated heterocycles. The molecule has 100 valence electrons. The first kappa shape index (κ1) is 12.8. The van der Waals surface area contributed by atoms with Gasteiger partial charge in [0.05, 0.1) is 15.0 Å². The van der Waals surface area contributed by atoms with Crippen LogP contribution in [0.15, 0.2) is 15.7 Å². The third-order valence-electron chi connectivity index (χ3n) is 4.36. The fraction of sp³-hybridized carbons (Fsp3) is 0.714. The minimum Gasteiger partial charge on any atom is -0.306 e. The van der Waals surface area contributed by atoms with Gasteiger partial charge in [0.2, 0.25) is 0 Å². The fourth-order valence-electron chi connectivity index (χ4n) is 3.13. The summed E-state index contributed by atoms with van der Waals surface area (Å²) in [6.45, 7) is 2.43. The van der Waals surface area contributed by atoms with Gasteiger partial charge in [-0.2, -0.15) is 0 Å². The van der Waals surface area contributed by atoms with Crippen LogP contribution in [0.3, 0.4) is 0 Å². The van der Waals surface area contributed by atoms with E-state index in [1.165, 1.54) is 42.1 Å². The molecule has 0 spiro atoms. The zero-order valence-electron chi connectivity index (χ0n) is 10.9. The van der Waals surface area contributed by atoms with Gasteiger partial charge in [-0.3, -0.25) is 4.21 Å². The van der Waals surface area contributed by atoms with Gasteiger partial charge >= 0.3 is 0 Å². The number of hydrogen-bond donors (Lipinski definition) is 0. The molecule has 2 aliphatic rings. The SMILES string of the molecule is CN1CCC(CC2CCc3ccsc3S2=O)CC1. The standard InChI is InChI=1S/C14H21NOS2/c1-15-7-4-11(5-8-15)10-13-3-2-12-6-9-17-14(12)18(13)16/h6,9,11,13H,2-5,7-8,10H2,1H3. The Morgan fingerprint density at radius 2 is 2.17 bits per heavy atom. The molecule has 1 aromatic heterocycles. The van der Waals surface area contributed by atoms with E-state index in [-0.39, 0.29) is 0 Å². The molecular weight excluding hydrogens is 262 g/mol. The lowest BCUT2D eigenvalue weighted by molar-refractivity contribution is 0.210. The van der Waals surface area contributed by atoms with Crippen LogP contribution in [0.1, 0.15) is 31.2 Å². The molecule has 3 heterocycles. The van der Waals surface area contributed by atoms with Crippen molar-refractivity contribution >= 4 is 22.1 Å². The van der Waals surface area contributed by atoms with Crippen LogP contribution < -0.4 is 0 Å². The van der Waals surface area contributed by atoms with E-state index in [9.17, 15) is 4.21 Å². The summed E-state index contributed by atoms with van der Waals surface area (Å²) >= 11 is 1.69. The number of likely N-dealkylation sites (tertiary alicyclic amines) is 1. The summed E-state index contributed by atoms with van der Waals surface area (Å²) in [6.07, 6.45) is 6.03. The number of aryl methyl sites for hydroxylation is 1. The molecule has 1 fully saturated rings. The molecule has 1 aromatic rings. The third kappa shape index (κ3) is 2.56. The Hall–Kier alpha value is -0.190. The first-order chi connectivity index (χ1) is 8.74. The molecule has 0 radical (unpaired) electrons. The van der Waals surface area contributed by atoms with Gasteiger partial charge in [0.1, 0.15) is 0 Å². The van der Waals surface area contributed by atoms with Crippen LogP contribution in [-0.2, 0) is 17.2 Å². The van der Waals surface area contributed by atoms with Gasteiger partial charge in [-0.25, -0.2) is 0 Å². The minimum absolute atomic E-state index is 0.421. The van der Waals surface area contributed by atoms with Crippen molar-refractivity contribution in [3.05, 3.63) is 17.0 Å². The van der Waals surface area contributed by atoms with Crippen LogP contribution >= 0.6 is 11.3 Å². The Bertz CT molecular complexity index is 435. The fourth-order valence-corrected chi connectivity index (χ4v) is 6.28. The Morgan fingerprint density at radius 3 is 2.94 bits per heavy atom. The summed E-state index contributed by atoms with van der Waals surface area (Å²) < 4.78 is 13.7. The van der Waals surface area contributed by atoms with Crippen LogP contribution in [0.4, 0.5) is 0 Å². The van der Waals surface area contributed by atoms with Crippen LogP contribution in [0, 0.1) is 5.92 Å². The Labute approximate surface area is 116 Å². The number of nitrogens with zero attached hydrogens (tertiary/aromatic N) is 1. The van der Waals surface area contributed by atoms with Crippen LogP contribution in [0.5, 0.6) is 0 Å². The average molecular weight is 283 g/mol. The zero-order chi connectivity index (χ0) is 12.5. The van der Waals surface area contributed by atoms with Crippen molar-refractivity contribution in [1.82, 2.24) is 4.90 Å². The van der Waals surface area contributed by atoms with Crippen molar-refractivity contribution in [2.24, 2.45) is 5.92 Å². The van der Waals surface area contributed by atoms with Gasteiger partial charge < -0.3 is 4.90 Å². The molecule has 4 heteroatoms. The van der Waals surface area contributed by atoms with Crippen molar-refractivity contribution in [1.29, 1.82) is 0 Å². The molecule has 3 rings (SSSR count). The van der Waals surface area contributed by atoms with E-state index in [0.717, 1.165) is 18.8 Å². The first-order valence-corrected chi connectivity index (χ1v) is 8.99. The smallest absolute Gasteiger partial charge is 0.0945 e. The highest BCUT2D eigenvalue weighted by atomic mass is 32.2. The predicted molar refractivity (Wildman–Crippen MR) is 77.7 cm³/mol. The summed E-state index contributed by atoms with van der Waals surface area (Å²) in [7, 11) is 1.47. The molecule has 2 atom stereocenters. The predicted octanol–water partition coefficient (Wildman–Crippen LogP) is 2.90. The molecular formula is C14H21NOS2. The molecule has 2 aliphatic heterocycles. The topological polar surface area (TPSA) is 20.3 Å². The van der Waals surface area contributed by atoms with E-state index in [4.69, 9.17) is 0 Å². The Kier molecular flexibility index (Phi) is 3.87. The maximum absolute atomic E-state index is 12.5. The van der Waals surface area contributed by atoms with Crippen molar-refractivity contribution in [3.63, 3.8) is 0 Å². The van der Waals surface area contributed by atoms with Crippen molar-refractivity contribution < 1.29 is 4.21 Å². The van der Waals surface area contributed by atoms with Crippen LogP contribution in [-0.4, -0.2) is 34.5 Å². The summed E-state index contributed by atoms with van der Waals surface area (Å²) in [5.74, 6) is 0.802. The van der Waals surface area contributed by atoms with Gasteiger partial charge in [0.25, 0.3) is 0 Å². The molecule has 0 amide bonds. The second kappa shape index (κ2) is 5.43. The summed E-state index contributed by atoms with van der Waals surface area (Å²) in [4.78, 5) is 2.41. The lowest BCUT2D eigenvalue weighted by Gasteiger charge is -2.32. The minimum atomic E-state index is -0.727. The first-order valence-electron chi connectivity index (χ1n) is 6.89. The highest BCUT2D eigenvalue weighted by molar-refractivity contribution is 7.88. The van der Waals surface area contributed by atoms with E-state index >= 15 is 0 Å². The highest BCUT2D eigenvalue weighted by Crippen LogP contribution is 2.35. The quantitative estimate of drug-likeness (QED) is 0.832. The molecule has 2 unspecified atom stereocenters. The largest absolute Gasteiger partial charge is 0.306 e. The summed E-state index contributed by atoms with van der Waals surface area (Å²) in [5.41, 5.74) is 1.35. The van der Waals surface area contributed by atoms with Crippen molar-refractivity contribution in [2.75, 3.05) is 20.1 Å². The lowest BCUT2D eigenvalue weighted by Crippen LogP contribution is -2.33. The lowest BCUT2D eigenvalue weighted by atomic mass is 9.91. The number of thiophene rings is 1. The molecule has 0 saturated carbocycles. The normalized spacial score (nSPS) is 30.3. The maximum Gasteiger partial charge on any atom is 0.0945 e. The second-order valence-electron chi connectivity index (χ2n) is 5.67. The van der Waals surface area contributed by atoms with E-state index in [0.29, 0.717) is 5.25 Å². The zero-order valence-corrected chi connectivity index (χ0v) is 12.6. The van der Waals surface area contributed by atoms with Gasteiger partial charge in [-0.1, -0.05) is 0 Å². The van der Waals surface area contributed by atoms with Gasteiger partial charge in [0.15, 0.2) is 0 Å². The summed E-state index contributed by atoms with van der Waals surface area (Å²) in [6, 6.07) is 2.16. The van der Waals surface area contributed by atoms with E-state index < -0.39 is 10.8 Å².